The quantitative estimate of drug-likeness (QED) is 0.357. The first-order valence-corrected chi connectivity index (χ1v) is 14.0. The molecule has 0 radical (unpaired) electrons. The lowest BCUT2D eigenvalue weighted by Gasteiger charge is -2.36. The van der Waals surface area contributed by atoms with Crippen molar-refractivity contribution in [3.63, 3.8) is 0 Å². The van der Waals surface area contributed by atoms with Crippen molar-refractivity contribution in [2.75, 3.05) is 24.2 Å². The number of fused-ring (bicyclic) bond motifs is 1. The fourth-order valence-electron chi connectivity index (χ4n) is 4.25. The Morgan fingerprint density at radius 1 is 1.12 bits per heavy atom. The average Bonchev–Trinajstić information content (AvgIpc) is 2.92. The molecule has 1 aromatic carbocycles. The summed E-state index contributed by atoms with van der Waals surface area (Å²) in [5, 5.41) is 3.31. The number of hydrogen-bond acceptors (Lipinski definition) is 9. The van der Waals surface area contributed by atoms with Crippen molar-refractivity contribution in [1.29, 1.82) is 0 Å². The van der Waals surface area contributed by atoms with Crippen LogP contribution in [0.25, 0.3) is 22.3 Å². The Hall–Kier alpha value is -4.17. The molecule has 10 nitrogen and oxygen atoms in total. The van der Waals surface area contributed by atoms with Crippen molar-refractivity contribution in [1.82, 2.24) is 25.3 Å². The van der Waals surface area contributed by atoms with Crippen molar-refractivity contribution in [2.24, 2.45) is 5.73 Å². The summed E-state index contributed by atoms with van der Waals surface area (Å²) in [6, 6.07) is 8.47. The van der Waals surface area contributed by atoms with E-state index < -0.39 is 40.1 Å². The summed E-state index contributed by atoms with van der Waals surface area (Å²) in [5.74, 6) is -4.42. The number of pyridine rings is 2. The van der Waals surface area contributed by atoms with Gasteiger partial charge in [0.1, 0.15) is 5.82 Å². The van der Waals surface area contributed by atoms with Gasteiger partial charge in [0, 0.05) is 36.1 Å². The largest absolute Gasteiger partial charge is 0.346 e. The summed E-state index contributed by atoms with van der Waals surface area (Å²) in [7, 11) is -3.71. The highest BCUT2D eigenvalue weighted by atomic mass is 32.2. The maximum atomic E-state index is 14.2. The second kappa shape index (κ2) is 10.4. The number of nitrogens with two attached hydrogens (primary N) is 1. The van der Waals surface area contributed by atoms with E-state index in [9.17, 15) is 26.4 Å². The predicted octanol–water partition coefficient (Wildman–Crippen LogP) is 2.73. The van der Waals surface area contributed by atoms with E-state index in [1.165, 1.54) is 11.1 Å². The van der Waals surface area contributed by atoms with E-state index in [0.29, 0.717) is 34.5 Å². The molecule has 0 saturated carbocycles. The van der Waals surface area contributed by atoms with Crippen LogP contribution >= 0.6 is 0 Å². The second-order valence-corrected chi connectivity index (χ2v) is 11.5. The number of nitrogens with zero attached hydrogens (tertiary/aromatic N) is 5. The molecule has 0 unspecified atom stereocenters. The van der Waals surface area contributed by atoms with Gasteiger partial charge in [-0.1, -0.05) is 0 Å². The number of alkyl halides is 2. The van der Waals surface area contributed by atoms with Crippen LogP contribution in [0.3, 0.4) is 0 Å². The number of anilines is 1. The third-order valence-corrected chi connectivity index (χ3v) is 7.56. The number of carbonyl (C=O) groups is 1. The fourth-order valence-corrected chi connectivity index (χ4v) is 4.92. The number of aromatic nitrogens is 4. The molecule has 0 aliphatic carbocycles. The number of nitrogens with one attached hydrogen (secondary N) is 1. The molecule has 1 saturated heterocycles. The van der Waals surface area contributed by atoms with E-state index in [0.717, 1.165) is 24.5 Å². The van der Waals surface area contributed by atoms with Crippen LogP contribution < -0.4 is 16.0 Å². The van der Waals surface area contributed by atoms with Crippen LogP contribution in [0.15, 0.2) is 59.8 Å². The minimum absolute atomic E-state index is 0.0334. The number of sulfone groups is 1. The third kappa shape index (κ3) is 5.87. The molecule has 4 heterocycles. The van der Waals surface area contributed by atoms with Gasteiger partial charge in [0.25, 0.3) is 11.8 Å². The number of piperidine rings is 1. The van der Waals surface area contributed by atoms with Crippen LogP contribution in [-0.2, 0) is 16.4 Å². The molecular weight excluding hydrogens is 547 g/mol. The van der Waals surface area contributed by atoms with Crippen LogP contribution in [0.4, 0.5) is 19.1 Å². The molecule has 0 spiro atoms. The smallest absolute Gasteiger partial charge is 0.280 e. The molecule has 40 heavy (non-hydrogen) atoms. The normalized spacial score (nSPS) is 17.1. The van der Waals surface area contributed by atoms with E-state index in [2.05, 4.69) is 25.3 Å². The Morgan fingerprint density at radius 2 is 1.90 bits per heavy atom. The third-order valence-electron chi connectivity index (χ3n) is 6.46. The molecule has 1 aliphatic heterocycles. The average molecular weight is 572 g/mol. The lowest BCUT2D eigenvalue weighted by atomic mass is 10.0. The Kier molecular flexibility index (Phi) is 7.14. The molecule has 1 aliphatic rings. The molecular formula is C26H24F3N7O3S. The standard InChI is InChI=1S/C26H24F3N7O3S/c1-40(38,39)19-9-16(8-17(27)10-19)24(37)33-13-18-11-22-15(12-32-18)2-3-20(34-22)21-4-6-31-25(35-21)36-7-5-23(30)26(28,29)14-36/h2-4,6,8-12,23H,5,7,13-14,30H2,1H3,(H,33,37)/t23-/m1/s1. The molecule has 1 fully saturated rings. The number of hydrogen-bond donors (Lipinski definition) is 2. The van der Waals surface area contributed by atoms with E-state index in [4.69, 9.17) is 5.73 Å². The SMILES string of the molecule is CS(=O)(=O)c1cc(F)cc(C(=O)NCc2cc3nc(-c4ccnc(N5CC[C@@H](N)C(F)(F)C5)n4)ccc3cn2)c1. The number of rotatable bonds is 6. The first kappa shape index (κ1) is 27.4. The lowest BCUT2D eigenvalue weighted by molar-refractivity contribution is -0.0303. The number of halogens is 3. The molecule has 1 amide bonds. The van der Waals surface area contributed by atoms with Gasteiger partial charge in [0.15, 0.2) is 9.84 Å². The van der Waals surface area contributed by atoms with E-state index in [1.54, 1.807) is 30.5 Å². The second-order valence-electron chi connectivity index (χ2n) is 9.51. The van der Waals surface area contributed by atoms with Crippen LogP contribution in [0, 0.1) is 5.82 Å². The van der Waals surface area contributed by atoms with Crippen molar-refractivity contribution >= 4 is 32.6 Å². The lowest BCUT2D eigenvalue weighted by Crippen LogP contribution is -2.55. The molecule has 1 atom stereocenters. The summed E-state index contributed by atoms with van der Waals surface area (Å²) >= 11 is 0. The highest BCUT2D eigenvalue weighted by Gasteiger charge is 2.43. The van der Waals surface area contributed by atoms with Gasteiger partial charge in [0.2, 0.25) is 5.95 Å². The Morgan fingerprint density at radius 3 is 2.65 bits per heavy atom. The monoisotopic (exact) mass is 571 g/mol. The molecule has 5 rings (SSSR count). The van der Waals surface area contributed by atoms with E-state index in [-0.39, 0.29) is 29.4 Å². The van der Waals surface area contributed by atoms with Gasteiger partial charge < -0.3 is 16.0 Å². The van der Waals surface area contributed by atoms with Gasteiger partial charge in [-0.2, -0.15) is 0 Å². The van der Waals surface area contributed by atoms with Crippen molar-refractivity contribution < 1.29 is 26.4 Å². The zero-order valence-corrected chi connectivity index (χ0v) is 22.0. The highest BCUT2D eigenvalue weighted by Crippen LogP contribution is 2.29. The number of carbonyl (C=O) groups excluding carboxylic acids is 1. The minimum atomic E-state index is -3.71. The van der Waals surface area contributed by atoms with E-state index >= 15 is 0 Å². The van der Waals surface area contributed by atoms with Crippen molar-refractivity contribution in [3.8, 4) is 11.4 Å². The van der Waals surface area contributed by atoms with Gasteiger partial charge in [-0.05, 0) is 48.9 Å². The first-order chi connectivity index (χ1) is 18.9. The predicted molar refractivity (Wildman–Crippen MR) is 141 cm³/mol. The Bertz CT molecular complexity index is 1720. The van der Waals surface area contributed by atoms with Gasteiger partial charge in [-0.25, -0.2) is 36.5 Å². The van der Waals surface area contributed by atoms with E-state index in [1.807, 2.05) is 0 Å². The number of amides is 1. The molecule has 14 heteroatoms. The summed E-state index contributed by atoms with van der Waals surface area (Å²) in [4.78, 5) is 31.2. The van der Waals surface area contributed by atoms with Gasteiger partial charge in [-0.3, -0.25) is 9.78 Å². The molecule has 3 aromatic heterocycles. The zero-order chi connectivity index (χ0) is 28.7. The van der Waals surface area contributed by atoms with Crippen LogP contribution in [0.5, 0.6) is 0 Å². The molecule has 0 bridgehead atoms. The summed E-state index contributed by atoms with van der Waals surface area (Å²) in [6.07, 6.45) is 4.08. The van der Waals surface area contributed by atoms with Crippen LogP contribution in [-0.4, -0.2) is 65.6 Å². The Labute approximate surface area is 227 Å². The summed E-state index contributed by atoms with van der Waals surface area (Å²) < 4.78 is 65.7. The fraction of sp³-hybridized carbons (Fsp3) is 0.269. The molecule has 3 N–H and O–H groups in total. The molecule has 4 aromatic rings. The zero-order valence-electron chi connectivity index (χ0n) is 21.2. The highest BCUT2D eigenvalue weighted by molar-refractivity contribution is 7.90. The Balaban J connectivity index is 1.34. The van der Waals surface area contributed by atoms with Gasteiger partial charge in [-0.15, -0.1) is 0 Å². The van der Waals surface area contributed by atoms with Crippen LogP contribution in [0.2, 0.25) is 0 Å². The van der Waals surface area contributed by atoms with Gasteiger partial charge in [0.05, 0.1) is 46.6 Å². The van der Waals surface area contributed by atoms with Crippen LogP contribution in [0.1, 0.15) is 22.5 Å². The van der Waals surface area contributed by atoms with Gasteiger partial charge >= 0.3 is 0 Å². The maximum Gasteiger partial charge on any atom is 0.280 e. The summed E-state index contributed by atoms with van der Waals surface area (Å²) in [5.41, 5.74) is 7.29. The topological polar surface area (TPSA) is 144 Å². The molecule has 208 valence electrons. The number of benzene rings is 1. The maximum absolute atomic E-state index is 14.2. The van der Waals surface area contributed by atoms with Crippen molar-refractivity contribution in [3.05, 3.63) is 71.9 Å². The minimum Gasteiger partial charge on any atom is -0.346 e. The summed E-state index contributed by atoms with van der Waals surface area (Å²) in [6.45, 7) is -0.305. The van der Waals surface area contributed by atoms with Crippen molar-refractivity contribution in [2.45, 2.75) is 29.8 Å². The first-order valence-electron chi connectivity index (χ1n) is 12.2.